The summed E-state index contributed by atoms with van der Waals surface area (Å²) in [5.41, 5.74) is 2.05. The maximum atomic E-state index is 5.46. The second-order valence-electron chi connectivity index (χ2n) is 4.33. The van der Waals surface area contributed by atoms with Gasteiger partial charge >= 0.3 is 0 Å². The van der Waals surface area contributed by atoms with Crippen LogP contribution in [0.2, 0.25) is 0 Å². The first-order valence-electron chi connectivity index (χ1n) is 6.44. The first kappa shape index (κ1) is 12.8. The molecule has 0 aliphatic heterocycles. The fourth-order valence-electron chi connectivity index (χ4n) is 1.64. The molecule has 0 aromatic carbocycles. The zero-order valence-electron chi connectivity index (χ0n) is 11.0. The highest BCUT2D eigenvalue weighted by Crippen LogP contribution is 2.07. The summed E-state index contributed by atoms with van der Waals surface area (Å²) in [6.45, 7) is 6.46. The number of nitrogens with one attached hydrogen (secondary N) is 1. The average molecular weight is 248 g/mol. The molecule has 0 radical (unpaired) electrons. The highest BCUT2D eigenvalue weighted by atomic mass is 16.5. The lowest BCUT2D eigenvalue weighted by Crippen LogP contribution is -2.10. The van der Waals surface area contributed by atoms with Crippen molar-refractivity contribution in [2.45, 2.75) is 26.7 Å². The van der Waals surface area contributed by atoms with E-state index in [2.05, 4.69) is 22.3 Å². The van der Waals surface area contributed by atoms with Gasteiger partial charge in [0.05, 0.1) is 6.61 Å². The maximum absolute atomic E-state index is 5.46. The number of fused-ring (bicyclic) bond motifs is 1. The standard InChI is InChI=1S/C13H20N4O/c1-3-4-8-18-9-6-14-13-15-12-10-11(2)5-7-17(12)16-13/h5,7,10H,3-4,6,8-9H2,1-2H3,(H,14,16). The van der Waals surface area contributed by atoms with Crippen LogP contribution < -0.4 is 5.32 Å². The Kier molecular flexibility index (Phi) is 4.52. The molecule has 2 aromatic heterocycles. The molecule has 0 aliphatic rings. The number of hydrogen-bond acceptors (Lipinski definition) is 4. The van der Waals surface area contributed by atoms with Crippen molar-refractivity contribution in [1.29, 1.82) is 0 Å². The van der Waals surface area contributed by atoms with Crippen LogP contribution in [0.25, 0.3) is 5.65 Å². The van der Waals surface area contributed by atoms with Crippen LogP contribution in [0.15, 0.2) is 18.3 Å². The summed E-state index contributed by atoms with van der Waals surface area (Å²) in [5.74, 6) is 0.652. The van der Waals surface area contributed by atoms with E-state index in [-0.39, 0.29) is 0 Å². The van der Waals surface area contributed by atoms with E-state index in [1.807, 2.05) is 25.3 Å². The van der Waals surface area contributed by atoms with Gasteiger partial charge in [0, 0.05) is 19.3 Å². The molecule has 18 heavy (non-hydrogen) atoms. The normalized spacial score (nSPS) is 11.0. The number of hydrogen-bond donors (Lipinski definition) is 1. The summed E-state index contributed by atoms with van der Waals surface area (Å²) >= 11 is 0. The van der Waals surface area contributed by atoms with Crippen LogP contribution in [0, 0.1) is 6.92 Å². The maximum Gasteiger partial charge on any atom is 0.243 e. The lowest BCUT2D eigenvalue weighted by molar-refractivity contribution is 0.141. The minimum absolute atomic E-state index is 0.652. The molecule has 5 heteroatoms. The third-order valence-electron chi connectivity index (χ3n) is 2.66. The van der Waals surface area contributed by atoms with Gasteiger partial charge in [0.2, 0.25) is 5.95 Å². The van der Waals surface area contributed by atoms with Crippen molar-refractivity contribution in [3.8, 4) is 0 Å². The molecule has 0 saturated heterocycles. The van der Waals surface area contributed by atoms with Crippen LogP contribution in [0.5, 0.6) is 0 Å². The summed E-state index contributed by atoms with van der Waals surface area (Å²) in [5, 5.41) is 7.49. The number of rotatable bonds is 7. The van der Waals surface area contributed by atoms with Gasteiger partial charge in [-0.05, 0) is 31.0 Å². The minimum atomic E-state index is 0.652. The molecule has 0 amide bonds. The first-order chi connectivity index (χ1) is 8.79. The Morgan fingerprint density at radius 2 is 2.28 bits per heavy atom. The molecule has 0 bridgehead atoms. The van der Waals surface area contributed by atoms with E-state index in [1.54, 1.807) is 4.52 Å². The van der Waals surface area contributed by atoms with Gasteiger partial charge in [0.15, 0.2) is 5.65 Å². The summed E-state index contributed by atoms with van der Waals surface area (Å²) in [6.07, 6.45) is 4.20. The van der Waals surface area contributed by atoms with Crippen molar-refractivity contribution in [3.63, 3.8) is 0 Å². The third kappa shape index (κ3) is 3.43. The van der Waals surface area contributed by atoms with Gasteiger partial charge in [-0.15, -0.1) is 5.10 Å². The number of aryl methyl sites for hydroxylation is 1. The van der Waals surface area contributed by atoms with Gasteiger partial charge in [0.1, 0.15) is 0 Å². The summed E-state index contributed by atoms with van der Waals surface area (Å²) in [6, 6.07) is 4.02. The Bertz CT molecular complexity index is 495. The van der Waals surface area contributed by atoms with Crippen LogP contribution in [-0.2, 0) is 4.74 Å². The van der Waals surface area contributed by atoms with Crippen LogP contribution in [0.4, 0.5) is 5.95 Å². The van der Waals surface area contributed by atoms with E-state index in [0.29, 0.717) is 12.6 Å². The smallest absolute Gasteiger partial charge is 0.243 e. The number of ether oxygens (including phenoxy) is 1. The fourth-order valence-corrected chi connectivity index (χ4v) is 1.64. The molecule has 1 N–H and O–H groups in total. The second kappa shape index (κ2) is 6.35. The van der Waals surface area contributed by atoms with Crippen LogP contribution in [-0.4, -0.2) is 34.4 Å². The second-order valence-corrected chi connectivity index (χ2v) is 4.33. The number of pyridine rings is 1. The number of unbranched alkanes of at least 4 members (excludes halogenated alkanes) is 1. The zero-order valence-corrected chi connectivity index (χ0v) is 11.0. The van der Waals surface area contributed by atoms with E-state index >= 15 is 0 Å². The average Bonchev–Trinajstić information content (AvgIpc) is 2.75. The molecule has 98 valence electrons. The zero-order chi connectivity index (χ0) is 12.8. The summed E-state index contributed by atoms with van der Waals surface area (Å²) in [7, 11) is 0. The highest BCUT2D eigenvalue weighted by Gasteiger charge is 2.02. The predicted octanol–water partition coefficient (Wildman–Crippen LogP) is 2.27. The Morgan fingerprint density at radius 3 is 3.11 bits per heavy atom. The summed E-state index contributed by atoms with van der Waals surface area (Å²) < 4.78 is 7.24. The van der Waals surface area contributed by atoms with E-state index < -0.39 is 0 Å². The van der Waals surface area contributed by atoms with Crippen molar-refractivity contribution < 1.29 is 4.74 Å². The fraction of sp³-hybridized carbons (Fsp3) is 0.538. The molecule has 2 rings (SSSR count). The molecule has 0 aliphatic carbocycles. The topological polar surface area (TPSA) is 51.5 Å². The predicted molar refractivity (Wildman–Crippen MR) is 71.9 cm³/mol. The SMILES string of the molecule is CCCCOCCNc1nc2cc(C)ccn2n1. The van der Waals surface area contributed by atoms with Gasteiger partial charge in [-0.1, -0.05) is 13.3 Å². The lowest BCUT2D eigenvalue weighted by atomic mass is 10.3. The highest BCUT2D eigenvalue weighted by molar-refractivity contribution is 5.45. The van der Waals surface area contributed by atoms with Crippen molar-refractivity contribution in [1.82, 2.24) is 14.6 Å². The van der Waals surface area contributed by atoms with E-state index in [1.165, 1.54) is 12.0 Å². The summed E-state index contributed by atoms with van der Waals surface area (Å²) in [4.78, 5) is 4.39. The lowest BCUT2D eigenvalue weighted by Gasteiger charge is -2.03. The van der Waals surface area contributed by atoms with Gasteiger partial charge in [-0.25, -0.2) is 4.52 Å². The third-order valence-corrected chi connectivity index (χ3v) is 2.66. The number of aromatic nitrogens is 3. The van der Waals surface area contributed by atoms with E-state index in [9.17, 15) is 0 Å². The van der Waals surface area contributed by atoms with E-state index in [4.69, 9.17) is 4.74 Å². The Labute approximate surface area is 107 Å². The molecule has 0 unspecified atom stereocenters. The van der Waals surface area contributed by atoms with Crippen molar-refractivity contribution in [2.75, 3.05) is 25.1 Å². The molecule has 2 aromatic rings. The van der Waals surface area contributed by atoms with Crippen molar-refractivity contribution in [3.05, 3.63) is 23.9 Å². The molecule has 0 fully saturated rings. The first-order valence-corrected chi connectivity index (χ1v) is 6.44. The van der Waals surface area contributed by atoms with Crippen LogP contribution in [0.3, 0.4) is 0 Å². The number of nitrogens with zero attached hydrogens (tertiary/aromatic N) is 3. The van der Waals surface area contributed by atoms with Crippen molar-refractivity contribution >= 4 is 11.6 Å². The quantitative estimate of drug-likeness (QED) is 0.764. The Balaban J connectivity index is 1.81. The van der Waals surface area contributed by atoms with Gasteiger partial charge in [-0.2, -0.15) is 4.98 Å². The van der Waals surface area contributed by atoms with E-state index in [0.717, 1.165) is 25.2 Å². The van der Waals surface area contributed by atoms with Gasteiger partial charge < -0.3 is 10.1 Å². The van der Waals surface area contributed by atoms with Crippen molar-refractivity contribution in [2.24, 2.45) is 0 Å². The van der Waals surface area contributed by atoms with Crippen LogP contribution >= 0.6 is 0 Å². The van der Waals surface area contributed by atoms with Crippen LogP contribution in [0.1, 0.15) is 25.3 Å². The molecule has 0 atom stereocenters. The molecule has 2 heterocycles. The minimum Gasteiger partial charge on any atom is -0.380 e. The Morgan fingerprint density at radius 1 is 1.39 bits per heavy atom. The van der Waals surface area contributed by atoms with Gasteiger partial charge in [0.25, 0.3) is 0 Å². The molecule has 0 saturated carbocycles. The monoisotopic (exact) mass is 248 g/mol. The largest absolute Gasteiger partial charge is 0.380 e. The molecular formula is C13H20N4O. The molecular weight excluding hydrogens is 228 g/mol. The number of anilines is 1. The van der Waals surface area contributed by atoms with Gasteiger partial charge in [-0.3, -0.25) is 0 Å². The molecule has 0 spiro atoms. The molecule has 5 nitrogen and oxygen atoms in total. The Hall–Kier alpha value is -1.62.